The van der Waals surface area contributed by atoms with Crippen LogP contribution in [0.1, 0.15) is 25.3 Å². The van der Waals surface area contributed by atoms with Gasteiger partial charge < -0.3 is 14.8 Å². The van der Waals surface area contributed by atoms with E-state index in [9.17, 15) is 4.79 Å². The highest BCUT2D eigenvalue weighted by Crippen LogP contribution is 2.27. The number of benzene rings is 2. The topological polar surface area (TPSA) is 60.5 Å². The van der Waals surface area contributed by atoms with Gasteiger partial charge in [-0.05, 0) is 70.7 Å². The first-order valence-electron chi connectivity index (χ1n) is 9.40. The van der Waals surface area contributed by atoms with E-state index in [-0.39, 0.29) is 5.91 Å². The molecule has 152 valence electrons. The molecule has 5 nitrogen and oxygen atoms in total. The van der Waals surface area contributed by atoms with E-state index in [0.717, 1.165) is 33.6 Å². The molecule has 1 aromatic heterocycles. The van der Waals surface area contributed by atoms with Gasteiger partial charge in [-0.1, -0.05) is 13.0 Å². The number of aryl methyl sites for hydroxylation is 1. The first kappa shape index (κ1) is 21.3. The predicted octanol–water partition coefficient (Wildman–Crippen LogP) is 5.94. The van der Waals surface area contributed by atoms with Gasteiger partial charge in [0.05, 0.1) is 23.9 Å². The summed E-state index contributed by atoms with van der Waals surface area (Å²) in [4.78, 5) is 16.7. The fraction of sp³-hybridized carbons (Fsp3) is 0.273. The minimum Gasteiger partial charge on any atom is -0.497 e. The number of carbonyl (C=O) groups is 1. The van der Waals surface area contributed by atoms with Gasteiger partial charge in [-0.3, -0.25) is 4.79 Å². The Morgan fingerprint density at radius 3 is 2.69 bits per heavy atom. The molecule has 0 aliphatic heterocycles. The van der Waals surface area contributed by atoms with Gasteiger partial charge in [0, 0.05) is 17.4 Å². The van der Waals surface area contributed by atoms with Crippen LogP contribution in [0.4, 0.5) is 5.13 Å². The van der Waals surface area contributed by atoms with Gasteiger partial charge in [0.25, 0.3) is 0 Å². The maximum absolute atomic E-state index is 12.2. The molecular formula is C22H23BrN2O3S. The van der Waals surface area contributed by atoms with Crippen molar-refractivity contribution in [2.45, 2.75) is 26.2 Å². The molecule has 7 heteroatoms. The molecule has 0 atom stereocenters. The van der Waals surface area contributed by atoms with E-state index in [1.807, 2.05) is 35.7 Å². The zero-order valence-corrected chi connectivity index (χ0v) is 18.8. The smallest absolute Gasteiger partial charge is 0.226 e. The van der Waals surface area contributed by atoms with Gasteiger partial charge in [0.1, 0.15) is 11.5 Å². The first-order chi connectivity index (χ1) is 14.1. The summed E-state index contributed by atoms with van der Waals surface area (Å²) < 4.78 is 11.9. The monoisotopic (exact) mass is 474 g/mol. The van der Waals surface area contributed by atoms with Crippen LogP contribution in [-0.4, -0.2) is 24.6 Å². The number of methoxy groups -OCH3 is 1. The predicted molar refractivity (Wildman–Crippen MR) is 121 cm³/mol. The highest BCUT2D eigenvalue weighted by molar-refractivity contribution is 9.10. The van der Waals surface area contributed by atoms with Crippen LogP contribution in [0, 0.1) is 0 Å². The molecule has 0 spiro atoms. The van der Waals surface area contributed by atoms with Crippen molar-refractivity contribution in [1.29, 1.82) is 0 Å². The number of halogens is 1. The van der Waals surface area contributed by atoms with Crippen LogP contribution in [0.25, 0.3) is 11.3 Å². The molecule has 1 amide bonds. The molecule has 0 aliphatic rings. The van der Waals surface area contributed by atoms with E-state index in [4.69, 9.17) is 9.47 Å². The number of hydrogen-bond acceptors (Lipinski definition) is 5. The number of hydrogen-bond donors (Lipinski definition) is 1. The van der Waals surface area contributed by atoms with Crippen molar-refractivity contribution in [2.75, 3.05) is 19.0 Å². The Kier molecular flexibility index (Phi) is 7.66. The van der Waals surface area contributed by atoms with Crippen molar-refractivity contribution in [1.82, 2.24) is 4.98 Å². The maximum atomic E-state index is 12.2. The van der Waals surface area contributed by atoms with Gasteiger partial charge in [-0.15, -0.1) is 11.3 Å². The Hall–Kier alpha value is -2.38. The van der Waals surface area contributed by atoms with Crippen LogP contribution in [-0.2, 0) is 11.2 Å². The average Bonchev–Trinajstić information content (AvgIpc) is 3.20. The lowest BCUT2D eigenvalue weighted by Gasteiger charge is -2.09. The quantitative estimate of drug-likeness (QED) is 0.389. The molecule has 0 fully saturated rings. The number of nitrogens with one attached hydrogen (secondary N) is 1. The van der Waals surface area contributed by atoms with Crippen molar-refractivity contribution < 1.29 is 14.3 Å². The van der Waals surface area contributed by atoms with Crippen LogP contribution in [0.3, 0.4) is 0 Å². The summed E-state index contributed by atoms with van der Waals surface area (Å²) in [5.74, 6) is 1.53. The molecule has 0 unspecified atom stereocenters. The summed E-state index contributed by atoms with van der Waals surface area (Å²) in [5.41, 5.74) is 3.06. The number of rotatable bonds is 9. The maximum Gasteiger partial charge on any atom is 0.226 e. The SMILES string of the molecule is CCc1ccc(OCCCC(=O)Nc2nc(-c3ccc(OC)cc3)cs2)c(Br)c1. The summed E-state index contributed by atoms with van der Waals surface area (Å²) in [7, 11) is 1.64. The Morgan fingerprint density at radius 2 is 2.00 bits per heavy atom. The summed E-state index contributed by atoms with van der Waals surface area (Å²) in [6, 6.07) is 13.7. The lowest BCUT2D eigenvalue weighted by atomic mass is 10.2. The minimum absolute atomic E-state index is 0.0652. The number of amides is 1. The number of aromatic nitrogens is 1. The van der Waals surface area contributed by atoms with Gasteiger partial charge in [-0.2, -0.15) is 0 Å². The Balaban J connectivity index is 1.44. The highest BCUT2D eigenvalue weighted by atomic mass is 79.9. The average molecular weight is 475 g/mol. The molecular weight excluding hydrogens is 452 g/mol. The van der Waals surface area contributed by atoms with Crippen molar-refractivity contribution in [2.24, 2.45) is 0 Å². The summed E-state index contributed by atoms with van der Waals surface area (Å²) in [5, 5.41) is 5.38. The lowest BCUT2D eigenvalue weighted by molar-refractivity contribution is -0.116. The molecule has 2 aromatic carbocycles. The van der Waals surface area contributed by atoms with E-state index in [1.165, 1.54) is 16.9 Å². The third kappa shape index (κ3) is 6.05. The summed E-state index contributed by atoms with van der Waals surface area (Å²) in [6.45, 7) is 2.59. The van der Waals surface area contributed by atoms with Gasteiger partial charge in [-0.25, -0.2) is 4.98 Å². The second kappa shape index (κ2) is 10.4. The van der Waals surface area contributed by atoms with Crippen LogP contribution >= 0.6 is 27.3 Å². The Bertz CT molecular complexity index is 957. The minimum atomic E-state index is -0.0652. The van der Waals surface area contributed by atoms with Crippen LogP contribution in [0.15, 0.2) is 52.3 Å². The van der Waals surface area contributed by atoms with E-state index in [2.05, 4.69) is 45.3 Å². The van der Waals surface area contributed by atoms with Crippen LogP contribution in [0.5, 0.6) is 11.5 Å². The second-order valence-corrected chi connectivity index (χ2v) is 8.10. The van der Waals surface area contributed by atoms with Gasteiger partial charge >= 0.3 is 0 Å². The third-order valence-corrected chi connectivity index (χ3v) is 5.72. The molecule has 29 heavy (non-hydrogen) atoms. The summed E-state index contributed by atoms with van der Waals surface area (Å²) in [6.07, 6.45) is 1.99. The normalized spacial score (nSPS) is 10.6. The van der Waals surface area contributed by atoms with Crippen molar-refractivity contribution in [3.05, 3.63) is 57.9 Å². The first-order valence-corrected chi connectivity index (χ1v) is 11.1. The Morgan fingerprint density at radius 1 is 1.21 bits per heavy atom. The molecule has 0 saturated carbocycles. The van der Waals surface area contributed by atoms with Gasteiger partial charge in [0.15, 0.2) is 5.13 Å². The number of thiazole rings is 1. The van der Waals surface area contributed by atoms with Crippen LogP contribution in [0.2, 0.25) is 0 Å². The second-order valence-electron chi connectivity index (χ2n) is 6.38. The highest BCUT2D eigenvalue weighted by Gasteiger charge is 2.09. The number of anilines is 1. The molecule has 0 aliphatic carbocycles. The van der Waals surface area contributed by atoms with Crippen molar-refractivity contribution in [3.8, 4) is 22.8 Å². The van der Waals surface area contributed by atoms with Gasteiger partial charge in [0.2, 0.25) is 5.91 Å². The van der Waals surface area contributed by atoms with E-state index < -0.39 is 0 Å². The fourth-order valence-electron chi connectivity index (χ4n) is 2.70. The number of nitrogens with zero attached hydrogens (tertiary/aromatic N) is 1. The van der Waals surface area contributed by atoms with Crippen molar-refractivity contribution >= 4 is 38.3 Å². The molecule has 0 radical (unpaired) electrons. The zero-order valence-electron chi connectivity index (χ0n) is 16.4. The largest absolute Gasteiger partial charge is 0.497 e. The molecule has 3 aromatic rings. The van der Waals surface area contributed by atoms with E-state index in [0.29, 0.717) is 24.6 Å². The van der Waals surface area contributed by atoms with E-state index >= 15 is 0 Å². The van der Waals surface area contributed by atoms with Crippen molar-refractivity contribution in [3.63, 3.8) is 0 Å². The standard InChI is InChI=1S/C22H23BrN2O3S/c1-3-15-6-11-20(18(23)13-15)28-12-4-5-21(26)25-22-24-19(14-29-22)16-7-9-17(27-2)10-8-16/h6-11,13-14H,3-5,12H2,1-2H3,(H,24,25,26). The Labute approximate surface area is 183 Å². The fourth-order valence-corrected chi connectivity index (χ4v) is 3.98. The van der Waals surface area contributed by atoms with Crippen LogP contribution < -0.4 is 14.8 Å². The molecule has 1 N–H and O–H groups in total. The summed E-state index contributed by atoms with van der Waals surface area (Å²) >= 11 is 4.94. The number of ether oxygens (including phenoxy) is 2. The molecule has 0 saturated heterocycles. The lowest BCUT2D eigenvalue weighted by Crippen LogP contribution is -2.12. The molecule has 1 heterocycles. The molecule has 3 rings (SSSR count). The third-order valence-electron chi connectivity index (χ3n) is 4.35. The van der Waals surface area contributed by atoms with E-state index in [1.54, 1.807) is 7.11 Å². The molecule has 0 bridgehead atoms. The number of carbonyl (C=O) groups excluding carboxylic acids is 1. The zero-order chi connectivity index (χ0) is 20.6.